The molecule has 0 saturated carbocycles. The molecule has 6 rings (SSSR count). The average molecular weight is 533 g/mol. The molecule has 0 unspecified atom stereocenters. The highest BCUT2D eigenvalue weighted by Crippen LogP contribution is 2.42. The Morgan fingerprint density at radius 3 is 2.25 bits per heavy atom. The number of hydrazine groups is 1. The van der Waals surface area contributed by atoms with Gasteiger partial charge in [0.15, 0.2) is 0 Å². The van der Waals surface area contributed by atoms with Crippen LogP contribution < -0.4 is 16.1 Å². The minimum absolute atomic E-state index is 0.201. The molecule has 0 radical (unpaired) electrons. The van der Waals surface area contributed by atoms with Gasteiger partial charge < -0.3 is 15.1 Å². The van der Waals surface area contributed by atoms with Crippen molar-refractivity contribution in [2.45, 2.75) is 25.7 Å². The number of benzene rings is 3. The van der Waals surface area contributed by atoms with Gasteiger partial charge in [-0.25, -0.2) is 19.8 Å². The minimum atomic E-state index is -0.201. The van der Waals surface area contributed by atoms with Crippen molar-refractivity contribution < 1.29 is 9.21 Å². The first kappa shape index (κ1) is 25.6. The van der Waals surface area contributed by atoms with Crippen LogP contribution in [0.15, 0.2) is 95.7 Å². The molecule has 3 N–H and O–H groups in total. The van der Waals surface area contributed by atoms with Crippen LogP contribution in [0.3, 0.4) is 0 Å². The molecular weight excluding hydrogens is 500 g/mol. The molecule has 2 amide bonds. The van der Waals surface area contributed by atoms with E-state index in [0.717, 1.165) is 77.3 Å². The maximum absolute atomic E-state index is 12.3. The SMILES string of the molecule is O=C(Nc1ccc(CCNc2ncnc3oc(-c4ccccc4)c(-c4ccccc4)c23)cc1)NN1CCCCC1. The lowest BCUT2D eigenvalue weighted by atomic mass is 9.99. The second-order valence-electron chi connectivity index (χ2n) is 9.93. The molecule has 202 valence electrons. The maximum atomic E-state index is 12.3. The molecule has 1 saturated heterocycles. The monoisotopic (exact) mass is 532 g/mol. The van der Waals surface area contributed by atoms with Crippen LogP contribution in [0, 0.1) is 0 Å². The van der Waals surface area contributed by atoms with Gasteiger partial charge in [-0.1, -0.05) is 79.2 Å². The van der Waals surface area contributed by atoms with Gasteiger partial charge >= 0.3 is 6.03 Å². The Labute approximate surface area is 233 Å². The van der Waals surface area contributed by atoms with Gasteiger partial charge in [0.1, 0.15) is 17.9 Å². The quantitative estimate of drug-likeness (QED) is 0.205. The van der Waals surface area contributed by atoms with Crippen molar-refractivity contribution in [2.75, 3.05) is 30.3 Å². The van der Waals surface area contributed by atoms with Gasteiger partial charge in [-0.05, 0) is 42.5 Å². The zero-order chi connectivity index (χ0) is 27.1. The predicted molar refractivity (Wildman–Crippen MR) is 159 cm³/mol. The van der Waals surface area contributed by atoms with E-state index in [1.165, 1.54) is 12.7 Å². The molecule has 8 heteroatoms. The van der Waals surface area contributed by atoms with E-state index in [-0.39, 0.29) is 6.03 Å². The van der Waals surface area contributed by atoms with Crippen LogP contribution in [0.5, 0.6) is 0 Å². The van der Waals surface area contributed by atoms with Crippen LogP contribution in [0.1, 0.15) is 24.8 Å². The lowest BCUT2D eigenvalue weighted by Crippen LogP contribution is -2.46. The molecule has 1 aliphatic rings. The van der Waals surface area contributed by atoms with Crippen LogP contribution >= 0.6 is 0 Å². The van der Waals surface area contributed by atoms with Gasteiger partial charge in [-0.2, -0.15) is 0 Å². The van der Waals surface area contributed by atoms with E-state index in [2.05, 4.69) is 38.2 Å². The normalized spacial score (nSPS) is 13.7. The Bertz CT molecular complexity index is 1560. The summed E-state index contributed by atoms with van der Waals surface area (Å²) in [6.07, 6.45) is 5.78. The topological polar surface area (TPSA) is 95.3 Å². The van der Waals surface area contributed by atoms with Gasteiger partial charge in [-0.15, -0.1) is 0 Å². The molecule has 3 aromatic carbocycles. The summed E-state index contributed by atoms with van der Waals surface area (Å²) in [5.74, 6) is 1.51. The number of aromatic nitrogens is 2. The van der Waals surface area contributed by atoms with Crippen molar-refractivity contribution >= 4 is 28.6 Å². The van der Waals surface area contributed by atoms with Gasteiger partial charge in [0.25, 0.3) is 0 Å². The van der Waals surface area contributed by atoms with Crippen molar-refractivity contribution in [3.05, 3.63) is 96.8 Å². The number of urea groups is 1. The van der Waals surface area contributed by atoms with Gasteiger partial charge in [0.05, 0.1) is 5.39 Å². The van der Waals surface area contributed by atoms with E-state index < -0.39 is 0 Å². The number of anilines is 2. The number of nitrogens with zero attached hydrogens (tertiary/aromatic N) is 3. The molecule has 8 nitrogen and oxygen atoms in total. The van der Waals surface area contributed by atoms with Crippen molar-refractivity contribution in [3.63, 3.8) is 0 Å². The first-order valence-corrected chi connectivity index (χ1v) is 13.8. The number of fused-ring (bicyclic) bond motifs is 1. The summed E-state index contributed by atoms with van der Waals surface area (Å²) in [6.45, 7) is 2.48. The van der Waals surface area contributed by atoms with Crippen LogP contribution in [-0.4, -0.2) is 40.6 Å². The fraction of sp³-hybridized carbons (Fsp3) is 0.219. The highest BCUT2D eigenvalue weighted by Gasteiger charge is 2.22. The Hall–Kier alpha value is -4.69. The molecule has 2 aromatic heterocycles. The zero-order valence-electron chi connectivity index (χ0n) is 22.3. The average Bonchev–Trinajstić information content (AvgIpc) is 3.40. The van der Waals surface area contributed by atoms with Crippen LogP contribution in [0.2, 0.25) is 0 Å². The highest BCUT2D eigenvalue weighted by atomic mass is 16.3. The molecule has 0 atom stereocenters. The summed E-state index contributed by atoms with van der Waals surface area (Å²) >= 11 is 0. The molecular formula is C32H32N6O2. The third kappa shape index (κ3) is 5.82. The van der Waals surface area contributed by atoms with Crippen molar-refractivity contribution in [1.82, 2.24) is 20.4 Å². The fourth-order valence-corrected chi connectivity index (χ4v) is 5.13. The second kappa shape index (κ2) is 12.0. The predicted octanol–water partition coefficient (Wildman–Crippen LogP) is 6.73. The number of nitrogens with one attached hydrogen (secondary N) is 3. The summed E-state index contributed by atoms with van der Waals surface area (Å²) in [5, 5.41) is 9.28. The number of piperidine rings is 1. The summed E-state index contributed by atoms with van der Waals surface area (Å²) < 4.78 is 6.30. The Balaban J connectivity index is 1.16. The second-order valence-corrected chi connectivity index (χ2v) is 9.93. The van der Waals surface area contributed by atoms with Gasteiger partial charge in [0.2, 0.25) is 5.71 Å². The third-order valence-electron chi connectivity index (χ3n) is 7.12. The first-order valence-electron chi connectivity index (χ1n) is 13.8. The first-order chi connectivity index (χ1) is 19.7. The molecule has 3 heterocycles. The number of furan rings is 1. The van der Waals surface area contributed by atoms with E-state index in [1.807, 2.05) is 77.8 Å². The Morgan fingerprint density at radius 2 is 1.52 bits per heavy atom. The molecule has 1 aliphatic heterocycles. The number of amides is 2. The lowest BCUT2D eigenvalue weighted by Gasteiger charge is -2.26. The standard InChI is InChI=1S/C32H32N6O2/c39-32(37-38-20-8-3-9-21-38)36-26-16-14-23(15-17-26)18-19-33-30-28-27(24-10-4-1-5-11-24)29(25-12-6-2-7-13-25)40-31(28)35-22-34-30/h1-2,4-7,10-17,22H,3,8-9,18-21H2,(H,33,34,35)(H2,36,37,39). The Kier molecular flexibility index (Phi) is 7.68. The van der Waals surface area contributed by atoms with Gasteiger partial charge in [0, 0.05) is 36.4 Å². The van der Waals surface area contributed by atoms with E-state index in [9.17, 15) is 4.79 Å². The van der Waals surface area contributed by atoms with Crippen LogP contribution in [0.25, 0.3) is 33.6 Å². The zero-order valence-corrected chi connectivity index (χ0v) is 22.3. The smallest absolute Gasteiger partial charge is 0.333 e. The lowest BCUT2D eigenvalue weighted by molar-refractivity contribution is 0.162. The molecule has 40 heavy (non-hydrogen) atoms. The maximum Gasteiger partial charge on any atom is 0.333 e. The van der Waals surface area contributed by atoms with Crippen molar-refractivity contribution in [3.8, 4) is 22.5 Å². The number of hydrogen-bond acceptors (Lipinski definition) is 6. The summed E-state index contributed by atoms with van der Waals surface area (Å²) in [6, 6.07) is 28.0. The van der Waals surface area contributed by atoms with E-state index in [1.54, 1.807) is 0 Å². The fourth-order valence-electron chi connectivity index (χ4n) is 5.13. The minimum Gasteiger partial charge on any atom is -0.437 e. The number of carbonyl (C=O) groups excluding carboxylic acids is 1. The molecule has 5 aromatic rings. The summed E-state index contributed by atoms with van der Waals surface area (Å²) in [4.78, 5) is 21.4. The molecule has 0 aliphatic carbocycles. The number of carbonyl (C=O) groups is 1. The molecule has 0 bridgehead atoms. The van der Waals surface area contributed by atoms with E-state index >= 15 is 0 Å². The van der Waals surface area contributed by atoms with E-state index in [4.69, 9.17) is 4.42 Å². The van der Waals surface area contributed by atoms with Crippen molar-refractivity contribution in [1.29, 1.82) is 0 Å². The van der Waals surface area contributed by atoms with Crippen LogP contribution in [0.4, 0.5) is 16.3 Å². The summed E-state index contributed by atoms with van der Waals surface area (Å²) in [5.41, 5.74) is 8.41. The highest BCUT2D eigenvalue weighted by molar-refractivity contribution is 6.05. The molecule has 1 fully saturated rings. The van der Waals surface area contributed by atoms with E-state index in [0.29, 0.717) is 12.3 Å². The van der Waals surface area contributed by atoms with Crippen LogP contribution in [-0.2, 0) is 6.42 Å². The Morgan fingerprint density at radius 1 is 0.825 bits per heavy atom. The number of hydrogen-bond donors (Lipinski definition) is 3. The van der Waals surface area contributed by atoms with Crippen molar-refractivity contribution in [2.24, 2.45) is 0 Å². The third-order valence-corrected chi connectivity index (χ3v) is 7.12. The number of rotatable bonds is 8. The summed E-state index contributed by atoms with van der Waals surface area (Å²) in [7, 11) is 0. The van der Waals surface area contributed by atoms with Gasteiger partial charge in [-0.3, -0.25) is 5.43 Å². The largest absolute Gasteiger partial charge is 0.437 e. The molecule has 0 spiro atoms.